The summed E-state index contributed by atoms with van der Waals surface area (Å²) in [5, 5.41) is 15.1. The van der Waals surface area contributed by atoms with Gasteiger partial charge in [0.2, 0.25) is 11.7 Å². The summed E-state index contributed by atoms with van der Waals surface area (Å²) in [4.78, 5) is 13.7. The minimum Gasteiger partial charge on any atom is -0.485 e. The molecule has 1 heterocycles. The highest BCUT2D eigenvalue weighted by atomic mass is 16.5. The molecule has 150 valence electrons. The molecule has 0 fully saturated rings. The van der Waals surface area contributed by atoms with Gasteiger partial charge in [0.15, 0.2) is 6.61 Å². The van der Waals surface area contributed by atoms with E-state index in [1.54, 1.807) is 0 Å². The first-order valence-corrected chi connectivity index (χ1v) is 10.0. The fourth-order valence-electron chi connectivity index (χ4n) is 3.59. The summed E-state index contributed by atoms with van der Waals surface area (Å²) in [6, 6.07) is 15.9. The Morgan fingerprint density at radius 1 is 1.14 bits per heavy atom. The molecule has 1 aliphatic carbocycles. The number of hydrogen-bond donors (Lipinski definition) is 1. The van der Waals surface area contributed by atoms with Crippen LogP contribution in [0.25, 0.3) is 0 Å². The number of nitrogens with one attached hydrogen (secondary N) is 1. The van der Waals surface area contributed by atoms with Crippen molar-refractivity contribution in [2.24, 2.45) is 0 Å². The lowest BCUT2D eigenvalue weighted by Gasteiger charge is -2.20. The third-order valence-electron chi connectivity index (χ3n) is 5.14. The zero-order chi connectivity index (χ0) is 20.1. The van der Waals surface area contributed by atoms with Crippen molar-refractivity contribution in [2.75, 3.05) is 0 Å². The first-order valence-electron chi connectivity index (χ1n) is 10.0. The van der Waals surface area contributed by atoms with Crippen LogP contribution in [-0.2, 0) is 30.8 Å². The van der Waals surface area contributed by atoms with Gasteiger partial charge in [-0.1, -0.05) is 36.4 Å². The zero-order valence-corrected chi connectivity index (χ0v) is 16.5. The van der Waals surface area contributed by atoms with Crippen LogP contribution in [0, 0.1) is 0 Å². The second-order valence-electron chi connectivity index (χ2n) is 7.36. The Kier molecular flexibility index (Phi) is 5.84. The van der Waals surface area contributed by atoms with E-state index >= 15 is 0 Å². The average molecular weight is 391 g/mol. The lowest BCUT2D eigenvalue weighted by atomic mass is 9.89. The van der Waals surface area contributed by atoms with E-state index in [4.69, 9.17) is 4.74 Å². The van der Waals surface area contributed by atoms with Crippen LogP contribution in [0.3, 0.4) is 0 Å². The summed E-state index contributed by atoms with van der Waals surface area (Å²) in [6.07, 6.45) is 4.79. The number of rotatable bonds is 7. The SMILES string of the molecule is CC(NC(=O)Cn1nnc(COc2ccccc2)n1)c1ccc2c(c1)CCCC2. The molecule has 0 radical (unpaired) electrons. The van der Waals surface area contributed by atoms with E-state index in [0.717, 1.165) is 24.2 Å². The fraction of sp³-hybridized carbons (Fsp3) is 0.364. The van der Waals surface area contributed by atoms with Crippen molar-refractivity contribution in [1.82, 2.24) is 25.5 Å². The van der Waals surface area contributed by atoms with Gasteiger partial charge >= 0.3 is 0 Å². The molecular formula is C22H25N5O2. The molecule has 1 aromatic heterocycles. The molecule has 3 aromatic rings. The van der Waals surface area contributed by atoms with Gasteiger partial charge in [-0.3, -0.25) is 4.79 Å². The van der Waals surface area contributed by atoms with Gasteiger partial charge < -0.3 is 10.1 Å². The molecule has 7 nitrogen and oxygen atoms in total. The number of aromatic nitrogens is 4. The van der Waals surface area contributed by atoms with Crippen LogP contribution in [0.15, 0.2) is 48.5 Å². The first kappa shape index (κ1) is 19.1. The molecule has 0 bridgehead atoms. The molecule has 0 saturated carbocycles. The number of aryl methyl sites for hydroxylation is 2. The van der Waals surface area contributed by atoms with Gasteiger partial charge in [-0.25, -0.2) is 0 Å². The third-order valence-corrected chi connectivity index (χ3v) is 5.14. The fourth-order valence-corrected chi connectivity index (χ4v) is 3.59. The Balaban J connectivity index is 1.30. The molecule has 4 rings (SSSR count). The number of carbonyl (C=O) groups excluding carboxylic acids is 1. The van der Waals surface area contributed by atoms with E-state index < -0.39 is 0 Å². The Morgan fingerprint density at radius 3 is 2.76 bits per heavy atom. The van der Waals surface area contributed by atoms with E-state index in [0.29, 0.717) is 5.82 Å². The van der Waals surface area contributed by atoms with Crippen LogP contribution >= 0.6 is 0 Å². The Labute approximate surface area is 170 Å². The maximum absolute atomic E-state index is 12.4. The van der Waals surface area contributed by atoms with E-state index in [2.05, 4.69) is 38.9 Å². The second-order valence-corrected chi connectivity index (χ2v) is 7.36. The van der Waals surface area contributed by atoms with Gasteiger partial charge in [-0.05, 0) is 66.6 Å². The second kappa shape index (κ2) is 8.86. The van der Waals surface area contributed by atoms with Crippen molar-refractivity contribution in [3.8, 4) is 5.75 Å². The number of fused-ring (bicyclic) bond motifs is 1. The van der Waals surface area contributed by atoms with Crippen molar-refractivity contribution in [3.05, 3.63) is 71.0 Å². The van der Waals surface area contributed by atoms with Crippen LogP contribution in [0.5, 0.6) is 5.75 Å². The topological polar surface area (TPSA) is 81.9 Å². The normalized spacial score (nSPS) is 14.1. The molecule has 1 atom stereocenters. The molecule has 0 aliphatic heterocycles. The number of carbonyl (C=O) groups is 1. The maximum atomic E-state index is 12.4. The lowest BCUT2D eigenvalue weighted by molar-refractivity contribution is -0.122. The van der Waals surface area contributed by atoms with Gasteiger partial charge in [0.1, 0.15) is 12.3 Å². The predicted octanol–water partition coefficient (Wildman–Crippen LogP) is 3.01. The smallest absolute Gasteiger partial charge is 0.244 e. The number of amides is 1. The maximum Gasteiger partial charge on any atom is 0.244 e. The van der Waals surface area contributed by atoms with E-state index in [9.17, 15) is 4.79 Å². The summed E-state index contributed by atoms with van der Waals surface area (Å²) in [5.41, 5.74) is 3.98. The Hall–Kier alpha value is -3.22. The van der Waals surface area contributed by atoms with Gasteiger partial charge in [0.05, 0.1) is 6.04 Å². The van der Waals surface area contributed by atoms with Gasteiger partial charge in [-0.2, -0.15) is 4.80 Å². The Bertz CT molecular complexity index is 970. The van der Waals surface area contributed by atoms with Gasteiger partial charge in [-0.15, -0.1) is 10.2 Å². The first-order chi connectivity index (χ1) is 14.2. The number of hydrogen-bond acceptors (Lipinski definition) is 5. The molecular weight excluding hydrogens is 366 g/mol. The number of para-hydroxylation sites is 1. The van der Waals surface area contributed by atoms with E-state index in [1.165, 1.54) is 28.8 Å². The molecule has 29 heavy (non-hydrogen) atoms. The van der Waals surface area contributed by atoms with Crippen LogP contribution in [-0.4, -0.2) is 26.1 Å². The summed E-state index contributed by atoms with van der Waals surface area (Å²) >= 11 is 0. The molecule has 0 spiro atoms. The largest absolute Gasteiger partial charge is 0.485 e. The van der Waals surface area contributed by atoms with Crippen LogP contribution in [0.1, 0.15) is 48.3 Å². The van der Waals surface area contributed by atoms with Gasteiger partial charge in [0, 0.05) is 0 Å². The summed E-state index contributed by atoms with van der Waals surface area (Å²) in [7, 11) is 0. The summed E-state index contributed by atoms with van der Waals surface area (Å²) < 4.78 is 5.60. The van der Waals surface area contributed by atoms with Crippen molar-refractivity contribution in [2.45, 2.75) is 51.8 Å². The number of nitrogens with zero attached hydrogens (tertiary/aromatic N) is 4. The average Bonchev–Trinajstić information content (AvgIpc) is 3.19. The standard InChI is InChI=1S/C22H25N5O2/c1-16(18-12-11-17-7-5-6-8-19(17)13-18)23-22(28)14-27-25-21(24-26-27)15-29-20-9-3-2-4-10-20/h2-4,9-13,16H,5-8,14-15H2,1H3,(H,23,28). The molecule has 1 aliphatic rings. The molecule has 0 saturated heterocycles. The molecule has 1 N–H and O–H groups in total. The van der Waals surface area contributed by atoms with Crippen LogP contribution < -0.4 is 10.1 Å². The van der Waals surface area contributed by atoms with Gasteiger partial charge in [0.25, 0.3) is 0 Å². The monoisotopic (exact) mass is 391 g/mol. The highest BCUT2D eigenvalue weighted by Gasteiger charge is 2.15. The highest BCUT2D eigenvalue weighted by Crippen LogP contribution is 2.24. The van der Waals surface area contributed by atoms with Crippen molar-refractivity contribution < 1.29 is 9.53 Å². The number of tetrazole rings is 1. The highest BCUT2D eigenvalue weighted by molar-refractivity contribution is 5.76. The van der Waals surface area contributed by atoms with Crippen LogP contribution in [0.2, 0.25) is 0 Å². The quantitative estimate of drug-likeness (QED) is 0.670. The Morgan fingerprint density at radius 2 is 1.93 bits per heavy atom. The summed E-state index contributed by atoms with van der Waals surface area (Å²) in [5.74, 6) is 1.02. The minimum absolute atomic E-state index is 0.0214. The van der Waals surface area contributed by atoms with E-state index in [1.807, 2.05) is 37.3 Å². The van der Waals surface area contributed by atoms with Crippen molar-refractivity contribution in [3.63, 3.8) is 0 Å². The van der Waals surface area contributed by atoms with E-state index in [-0.39, 0.29) is 25.1 Å². The molecule has 2 aromatic carbocycles. The zero-order valence-electron chi connectivity index (χ0n) is 16.5. The molecule has 1 unspecified atom stereocenters. The molecule has 7 heteroatoms. The number of benzene rings is 2. The molecule has 1 amide bonds. The van der Waals surface area contributed by atoms with Crippen LogP contribution in [0.4, 0.5) is 0 Å². The minimum atomic E-state index is -0.150. The van der Waals surface area contributed by atoms with Crippen molar-refractivity contribution in [1.29, 1.82) is 0 Å². The number of ether oxygens (including phenoxy) is 1. The summed E-state index contributed by atoms with van der Waals surface area (Å²) in [6.45, 7) is 2.22. The van der Waals surface area contributed by atoms with Crippen molar-refractivity contribution >= 4 is 5.91 Å². The predicted molar refractivity (Wildman–Crippen MR) is 108 cm³/mol. The lowest BCUT2D eigenvalue weighted by Crippen LogP contribution is -2.31. The third kappa shape index (κ3) is 4.99.